The van der Waals surface area contributed by atoms with Crippen LogP contribution in [-0.4, -0.2) is 66.0 Å². The largest absolute Gasteiger partial charge is 0.480 e. The van der Waals surface area contributed by atoms with Gasteiger partial charge in [-0.15, -0.1) is 0 Å². The van der Waals surface area contributed by atoms with Crippen molar-refractivity contribution in [2.75, 3.05) is 13.1 Å². The summed E-state index contributed by atoms with van der Waals surface area (Å²) < 4.78 is 0. The summed E-state index contributed by atoms with van der Waals surface area (Å²) in [5, 5.41) is 17.2. The van der Waals surface area contributed by atoms with Crippen molar-refractivity contribution in [3.8, 4) is 0 Å². The van der Waals surface area contributed by atoms with Crippen molar-refractivity contribution < 1.29 is 24.3 Å². The summed E-state index contributed by atoms with van der Waals surface area (Å²) in [5.74, 6) is -3.08. The number of benzene rings is 2. The third-order valence-electron chi connectivity index (χ3n) is 5.56. The smallest absolute Gasteiger partial charge is 0.326 e. The Morgan fingerprint density at radius 1 is 0.816 bits per heavy atom. The predicted molar refractivity (Wildman–Crippen MR) is 143 cm³/mol. The first-order valence-electron chi connectivity index (χ1n) is 12.1. The molecule has 0 saturated carbocycles. The molecule has 2 aromatic rings. The number of aliphatic carboxylic acids is 1. The molecule has 0 heterocycles. The Labute approximate surface area is 221 Å². The number of rotatable bonds is 15. The number of hydrogen-bond acceptors (Lipinski definition) is 6. The van der Waals surface area contributed by atoms with Crippen LogP contribution in [0.15, 0.2) is 65.7 Å². The normalized spacial score (nSPS) is 12.9. The van der Waals surface area contributed by atoms with Crippen molar-refractivity contribution in [1.82, 2.24) is 16.0 Å². The third kappa shape index (κ3) is 11.1. The van der Waals surface area contributed by atoms with E-state index in [1.165, 1.54) is 0 Å². The van der Waals surface area contributed by atoms with Crippen LogP contribution in [0.5, 0.6) is 0 Å². The zero-order chi connectivity index (χ0) is 27.9. The van der Waals surface area contributed by atoms with Gasteiger partial charge in [0.05, 0.1) is 12.6 Å². The second-order valence-corrected chi connectivity index (χ2v) is 8.67. The number of carboxylic acid groups (broad SMARTS) is 1. The maximum Gasteiger partial charge on any atom is 0.326 e. The zero-order valence-electron chi connectivity index (χ0n) is 21.0. The molecule has 38 heavy (non-hydrogen) atoms. The minimum Gasteiger partial charge on any atom is -0.480 e. The van der Waals surface area contributed by atoms with E-state index in [0.29, 0.717) is 19.4 Å². The molecule has 0 aromatic heterocycles. The van der Waals surface area contributed by atoms with Crippen LogP contribution >= 0.6 is 0 Å². The van der Waals surface area contributed by atoms with Gasteiger partial charge in [0.15, 0.2) is 5.96 Å². The van der Waals surface area contributed by atoms with E-state index in [-0.39, 0.29) is 18.8 Å². The maximum absolute atomic E-state index is 13.1. The number of nitrogens with one attached hydrogen (secondary N) is 3. The lowest BCUT2D eigenvalue weighted by molar-refractivity contribution is -0.142. The molecule has 0 aliphatic heterocycles. The van der Waals surface area contributed by atoms with Crippen molar-refractivity contribution in [3.05, 3.63) is 71.8 Å². The topological polar surface area (TPSA) is 215 Å². The van der Waals surface area contributed by atoms with Crippen molar-refractivity contribution in [2.24, 2.45) is 22.2 Å². The maximum atomic E-state index is 13.1. The highest BCUT2D eigenvalue weighted by molar-refractivity contribution is 5.92. The average molecular weight is 526 g/mol. The lowest BCUT2D eigenvalue weighted by Crippen LogP contribution is -2.54. The van der Waals surface area contributed by atoms with Gasteiger partial charge < -0.3 is 38.3 Å². The summed E-state index contributed by atoms with van der Waals surface area (Å²) in [6.45, 7) is -0.0902. The highest BCUT2D eigenvalue weighted by atomic mass is 16.4. The Bertz CT molecular complexity index is 1090. The number of carboxylic acids is 1. The van der Waals surface area contributed by atoms with Crippen molar-refractivity contribution >= 4 is 29.7 Å². The van der Waals surface area contributed by atoms with Crippen LogP contribution in [0.1, 0.15) is 24.0 Å². The average Bonchev–Trinajstić information content (AvgIpc) is 2.89. The van der Waals surface area contributed by atoms with Crippen LogP contribution in [0, 0.1) is 0 Å². The molecule has 12 nitrogen and oxygen atoms in total. The summed E-state index contributed by atoms with van der Waals surface area (Å²) in [6, 6.07) is 14.7. The van der Waals surface area contributed by atoms with Crippen molar-refractivity contribution in [2.45, 2.75) is 43.8 Å². The lowest BCUT2D eigenvalue weighted by Gasteiger charge is -2.22. The number of nitrogens with zero attached hydrogens (tertiary/aromatic N) is 1. The first-order valence-corrected chi connectivity index (χ1v) is 12.1. The Morgan fingerprint density at radius 2 is 1.37 bits per heavy atom. The van der Waals surface area contributed by atoms with Gasteiger partial charge in [-0.2, -0.15) is 0 Å². The Morgan fingerprint density at radius 3 is 1.89 bits per heavy atom. The lowest BCUT2D eigenvalue weighted by atomic mass is 10.0. The third-order valence-corrected chi connectivity index (χ3v) is 5.56. The molecule has 0 spiro atoms. The molecular formula is C26H35N7O5. The molecule has 0 aliphatic rings. The van der Waals surface area contributed by atoms with E-state index in [1.807, 2.05) is 12.1 Å². The molecule has 2 aromatic carbocycles. The van der Waals surface area contributed by atoms with E-state index in [9.17, 15) is 24.3 Å². The van der Waals surface area contributed by atoms with Crippen LogP contribution in [0.25, 0.3) is 0 Å². The Balaban J connectivity index is 1.99. The molecule has 0 fully saturated rings. The van der Waals surface area contributed by atoms with E-state index in [0.717, 1.165) is 11.1 Å². The summed E-state index contributed by atoms with van der Waals surface area (Å²) in [5.41, 5.74) is 17.8. The summed E-state index contributed by atoms with van der Waals surface area (Å²) in [4.78, 5) is 53.6. The highest BCUT2D eigenvalue weighted by Gasteiger charge is 2.27. The Kier molecular flexibility index (Phi) is 12.2. The minimum absolute atomic E-state index is 0.0523. The van der Waals surface area contributed by atoms with Gasteiger partial charge in [-0.25, -0.2) is 4.79 Å². The number of carbonyl (C=O) groups is 4. The Hall–Kier alpha value is -4.45. The molecule has 3 amide bonds. The number of aliphatic imine (C=N–C) groups is 1. The predicted octanol–water partition coefficient (Wildman–Crippen LogP) is -0.977. The zero-order valence-corrected chi connectivity index (χ0v) is 21.0. The molecule has 2 rings (SSSR count). The monoisotopic (exact) mass is 525 g/mol. The van der Waals surface area contributed by atoms with Gasteiger partial charge in [0, 0.05) is 19.4 Å². The summed E-state index contributed by atoms with van der Waals surface area (Å²) >= 11 is 0. The highest BCUT2D eigenvalue weighted by Crippen LogP contribution is 2.07. The molecule has 0 bridgehead atoms. The van der Waals surface area contributed by atoms with Crippen molar-refractivity contribution in [3.63, 3.8) is 0 Å². The molecule has 204 valence electrons. The van der Waals surface area contributed by atoms with Gasteiger partial charge >= 0.3 is 5.97 Å². The van der Waals surface area contributed by atoms with Crippen LogP contribution < -0.4 is 33.2 Å². The van der Waals surface area contributed by atoms with Gasteiger partial charge in [0.1, 0.15) is 12.1 Å². The van der Waals surface area contributed by atoms with E-state index in [4.69, 9.17) is 17.2 Å². The van der Waals surface area contributed by atoms with Crippen LogP contribution in [0.2, 0.25) is 0 Å². The van der Waals surface area contributed by atoms with Gasteiger partial charge in [0.25, 0.3) is 0 Å². The van der Waals surface area contributed by atoms with E-state index >= 15 is 0 Å². The first-order chi connectivity index (χ1) is 18.2. The van der Waals surface area contributed by atoms with Gasteiger partial charge in [-0.05, 0) is 24.0 Å². The summed E-state index contributed by atoms with van der Waals surface area (Å²) in [6.07, 6.45) is 0.979. The molecule has 3 unspecified atom stereocenters. The second kappa shape index (κ2) is 15.6. The van der Waals surface area contributed by atoms with Gasteiger partial charge in [-0.3, -0.25) is 19.4 Å². The number of guanidine groups is 1. The first kappa shape index (κ1) is 29.8. The standard InChI is InChI=1S/C26H35N7O5/c27-19(12-7-13-30-26(28)29)23(35)31-16-22(34)32-20(14-17-8-3-1-4-9-17)24(36)33-21(25(37)38)15-18-10-5-2-6-11-18/h1-6,8-11,19-21H,7,12-16,27H2,(H,31,35)(H,32,34)(H,33,36)(H,37,38)(H4,28,29,30). The van der Waals surface area contributed by atoms with Gasteiger partial charge in [-0.1, -0.05) is 60.7 Å². The quantitative estimate of drug-likeness (QED) is 0.0869. The van der Waals surface area contributed by atoms with E-state index in [2.05, 4.69) is 20.9 Å². The fraction of sp³-hybridized carbons (Fsp3) is 0.346. The number of hydrogen-bond donors (Lipinski definition) is 7. The fourth-order valence-corrected chi connectivity index (χ4v) is 3.58. The molecular weight excluding hydrogens is 490 g/mol. The van der Waals surface area contributed by atoms with Crippen LogP contribution in [0.4, 0.5) is 0 Å². The molecule has 10 N–H and O–H groups in total. The summed E-state index contributed by atoms with van der Waals surface area (Å²) in [7, 11) is 0. The van der Waals surface area contributed by atoms with Crippen molar-refractivity contribution in [1.29, 1.82) is 0 Å². The SMILES string of the molecule is NC(N)=NCCCC(N)C(=O)NCC(=O)NC(Cc1ccccc1)C(=O)NC(Cc1ccccc1)C(=O)O. The van der Waals surface area contributed by atoms with Crippen LogP contribution in [-0.2, 0) is 32.0 Å². The number of nitrogens with two attached hydrogens (primary N) is 3. The number of carbonyl (C=O) groups excluding carboxylic acids is 3. The molecule has 0 saturated heterocycles. The molecule has 3 atom stereocenters. The molecule has 0 radical (unpaired) electrons. The van der Waals surface area contributed by atoms with Crippen LogP contribution in [0.3, 0.4) is 0 Å². The minimum atomic E-state index is -1.20. The van der Waals surface area contributed by atoms with Gasteiger partial charge in [0.2, 0.25) is 17.7 Å². The fourth-order valence-electron chi connectivity index (χ4n) is 3.58. The molecule has 0 aliphatic carbocycles. The van der Waals surface area contributed by atoms with E-state index < -0.39 is 48.4 Å². The molecule has 12 heteroatoms. The van der Waals surface area contributed by atoms with E-state index in [1.54, 1.807) is 48.5 Å². The second-order valence-electron chi connectivity index (χ2n) is 8.67. The number of amides is 3.